The molecule has 0 saturated carbocycles. The van der Waals surface area contributed by atoms with E-state index in [1.165, 1.54) is 0 Å². The fraction of sp³-hybridized carbons (Fsp3) is 0.650. The quantitative estimate of drug-likeness (QED) is 0.816. The molecular weight excluding hydrogens is 373 g/mol. The van der Waals surface area contributed by atoms with Gasteiger partial charge in [-0.2, -0.15) is 13.2 Å². The Labute approximate surface area is 162 Å². The summed E-state index contributed by atoms with van der Waals surface area (Å²) in [4.78, 5) is 14.2. The van der Waals surface area contributed by atoms with Gasteiger partial charge in [-0.05, 0) is 31.9 Å². The van der Waals surface area contributed by atoms with Crippen molar-refractivity contribution < 1.29 is 27.8 Å². The third-order valence-electron chi connectivity index (χ3n) is 5.81. The SMILES string of the molecule is C[C@]1(O)CC2(CCN(CCC(F)(F)F)CC2)OC[C@@H]1NC(=O)c1ccccc1. The molecule has 0 aromatic heterocycles. The first kappa shape index (κ1) is 21.1. The van der Waals surface area contributed by atoms with Gasteiger partial charge in [0.2, 0.25) is 0 Å². The number of nitrogens with zero attached hydrogens (tertiary/aromatic N) is 1. The minimum Gasteiger partial charge on any atom is -0.388 e. The van der Waals surface area contributed by atoms with Crippen LogP contribution in [0.2, 0.25) is 0 Å². The summed E-state index contributed by atoms with van der Waals surface area (Å²) in [5.41, 5.74) is -1.19. The largest absolute Gasteiger partial charge is 0.390 e. The van der Waals surface area contributed by atoms with Crippen molar-refractivity contribution in [2.24, 2.45) is 0 Å². The number of nitrogens with one attached hydrogen (secondary N) is 1. The lowest BCUT2D eigenvalue weighted by molar-refractivity contribution is -0.188. The minimum atomic E-state index is -4.15. The highest BCUT2D eigenvalue weighted by molar-refractivity contribution is 5.94. The normalized spacial score (nSPS) is 28.2. The Balaban J connectivity index is 1.54. The second kappa shape index (κ2) is 8.00. The second-order valence-electron chi connectivity index (χ2n) is 8.13. The number of carbonyl (C=O) groups excluding carboxylic acids is 1. The predicted octanol–water partition coefficient (Wildman–Crippen LogP) is 2.74. The summed E-state index contributed by atoms with van der Waals surface area (Å²) < 4.78 is 43.3. The third kappa shape index (κ3) is 5.24. The number of carbonyl (C=O) groups is 1. The van der Waals surface area contributed by atoms with Gasteiger partial charge in [0.05, 0.1) is 30.3 Å². The van der Waals surface area contributed by atoms with Crippen molar-refractivity contribution >= 4 is 5.91 Å². The van der Waals surface area contributed by atoms with E-state index in [2.05, 4.69) is 5.32 Å². The van der Waals surface area contributed by atoms with Crippen LogP contribution in [0.5, 0.6) is 0 Å². The molecule has 2 fully saturated rings. The van der Waals surface area contributed by atoms with Crippen molar-refractivity contribution in [2.45, 2.75) is 56.0 Å². The van der Waals surface area contributed by atoms with Crippen LogP contribution < -0.4 is 5.32 Å². The summed E-state index contributed by atoms with van der Waals surface area (Å²) in [6, 6.07) is 8.21. The van der Waals surface area contributed by atoms with Crippen molar-refractivity contribution in [1.82, 2.24) is 10.2 Å². The second-order valence-corrected chi connectivity index (χ2v) is 8.13. The first-order chi connectivity index (χ1) is 13.1. The van der Waals surface area contributed by atoms with Crippen LogP contribution in [0, 0.1) is 0 Å². The van der Waals surface area contributed by atoms with Gasteiger partial charge in [0, 0.05) is 31.6 Å². The summed E-state index contributed by atoms with van der Waals surface area (Å²) in [6.45, 7) is 2.86. The van der Waals surface area contributed by atoms with Gasteiger partial charge >= 0.3 is 6.18 Å². The molecule has 8 heteroatoms. The maximum Gasteiger partial charge on any atom is 0.390 e. The molecule has 1 spiro atoms. The van der Waals surface area contributed by atoms with Crippen molar-refractivity contribution in [2.75, 3.05) is 26.2 Å². The topological polar surface area (TPSA) is 61.8 Å². The lowest BCUT2D eigenvalue weighted by atomic mass is 9.75. The van der Waals surface area contributed by atoms with Gasteiger partial charge in [-0.1, -0.05) is 18.2 Å². The minimum absolute atomic E-state index is 0.00820. The first-order valence-electron chi connectivity index (χ1n) is 9.60. The van der Waals surface area contributed by atoms with Crippen LogP contribution in [0.15, 0.2) is 30.3 Å². The molecule has 5 nitrogen and oxygen atoms in total. The molecule has 2 aliphatic rings. The van der Waals surface area contributed by atoms with Crippen LogP contribution >= 0.6 is 0 Å². The number of halogens is 3. The molecule has 1 amide bonds. The zero-order chi connectivity index (χ0) is 20.4. The number of hydrogen-bond donors (Lipinski definition) is 2. The molecular formula is C20H27F3N2O3. The van der Waals surface area contributed by atoms with Crippen molar-refractivity contribution in [3.05, 3.63) is 35.9 Å². The van der Waals surface area contributed by atoms with E-state index in [9.17, 15) is 23.1 Å². The van der Waals surface area contributed by atoms with Gasteiger partial charge in [0.25, 0.3) is 5.91 Å². The molecule has 156 valence electrons. The summed E-state index contributed by atoms with van der Waals surface area (Å²) in [5, 5.41) is 13.8. The number of aliphatic hydroxyl groups is 1. The van der Waals surface area contributed by atoms with Gasteiger partial charge in [0.1, 0.15) is 0 Å². The molecule has 0 unspecified atom stereocenters. The standard InChI is InChI=1S/C20H27F3N2O3/c1-18(27)14-19(7-10-25(11-8-19)12-9-20(21,22)23)28-13-16(18)24-17(26)15-5-3-2-4-6-15/h2-6,16,27H,7-14H2,1H3,(H,24,26)/t16-,18-/m0/s1. The molecule has 28 heavy (non-hydrogen) atoms. The lowest BCUT2D eigenvalue weighted by Crippen LogP contribution is -2.64. The number of hydrogen-bond acceptors (Lipinski definition) is 4. The van der Waals surface area contributed by atoms with Crippen molar-refractivity contribution in [3.63, 3.8) is 0 Å². The van der Waals surface area contributed by atoms with E-state index in [0.717, 1.165) is 0 Å². The maximum atomic E-state index is 12.4. The molecule has 2 heterocycles. The number of benzene rings is 1. The van der Waals surface area contributed by atoms with Crippen LogP contribution in [-0.2, 0) is 4.74 Å². The smallest absolute Gasteiger partial charge is 0.388 e. The van der Waals surface area contributed by atoms with Gasteiger partial charge in [-0.15, -0.1) is 0 Å². The fourth-order valence-electron chi connectivity index (χ4n) is 4.08. The van der Waals surface area contributed by atoms with Crippen molar-refractivity contribution in [1.29, 1.82) is 0 Å². The average molecular weight is 400 g/mol. The number of ether oxygens (including phenoxy) is 1. The molecule has 1 aromatic rings. The number of alkyl halides is 3. The molecule has 1 aromatic carbocycles. The van der Waals surface area contributed by atoms with Crippen molar-refractivity contribution in [3.8, 4) is 0 Å². The molecule has 0 aliphatic carbocycles. The lowest BCUT2D eigenvalue weighted by Gasteiger charge is -2.51. The van der Waals surface area contributed by atoms with E-state index < -0.39 is 29.8 Å². The summed E-state index contributed by atoms with van der Waals surface area (Å²) in [5.74, 6) is -0.271. The Morgan fingerprint density at radius 3 is 2.50 bits per heavy atom. The van der Waals surface area contributed by atoms with Crippen LogP contribution in [0.1, 0.15) is 43.0 Å². The highest BCUT2D eigenvalue weighted by atomic mass is 19.4. The summed E-state index contributed by atoms with van der Waals surface area (Å²) in [6.07, 6.45) is -3.48. The molecule has 0 radical (unpaired) electrons. The van der Waals surface area contributed by atoms with E-state index in [1.54, 1.807) is 36.1 Å². The Hall–Kier alpha value is -1.64. The number of amides is 1. The molecule has 0 bridgehead atoms. The monoisotopic (exact) mass is 400 g/mol. The molecule has 3 rings (SSSR count). The third-order valence-corrected chi connectivity index (χ3v) is 5.81. The molecule has 2 saturated heterocycles. The van der Waals surface area contributed by atoms with E-state index in [4.69, 9.17) is 4.74 Å². The Morgan fingerprint density at radius 1 is 1.29 bits per heavy atom. The Morgan fingerprint density at radius 2 is 1.93 bits per heavy atom. The summed E-state index contributed by atoms with van der Waals surface area (Å²) >= 11 is 0. The van der Waals surface area contributed by atoms with Gasteiger partial charge in [-0.25, -0.2) is 0 Å². The number of rotatable bonds is 4. The van der Waals surface area contributed by atoms with Gasteiger partial charge in [0.15, 0.2) is 0 Å². The predicted molar refractivity (Wildman–Crippen MR) is 98.0 cm³/mol. The fourth-order valence-corrected chi connectivity index (χ4v) is 4.08. The molecule has 2 N–H and O–H groups in total. The van der Waals surface area contributed by atoms with Crippen LogP contribution in [0.3, 0.4) is 0 Å². The van der Waals surface area contributed by atoms with E-state index in [1.807, 2.05) is 6.07 Å². The number of likely N-dealkylation sites (tertiary alicyclic amines) is 1. The Bertz CT molecular complexity index is 671. The zero-order valence-corrected chi connectivity index (χ0v) is 16.0. The van der Waals surface area contributed by atoms with E-state index >= 15 is 0 Å². The number of piperidine rings is 1. The summed E-state index contributed by atoms with van der Waals surface area (Å²) in [7, 11) is 0. The zero-order valence-electron chi connectivity index (χ0n) is 16.0. The Kier molecular flexibility index (Phi) is 6.03. The highest BCUT2D eigenvalue weighted by Gasteiger charge is 2.49. The van der Waals surface area contributed by atoms with Crippen LogP contribution in [-0.4, -0.2) is 65.6 Å². The van der Waals surface area contributed by atoms with E-state index in [0.29, 0.717) is 37.9 Å². The van der Waals surface area contributed by atoms with Gasteiger partial charge in [-0.3, -0.25) is 4.79 Å². The average Bonchev–Trinajstić information content (AvgIpc) is 2.63. The van der Waals surface area contributed by atoms with Gasteiger partial charge < -0.3 is 20.1 Å². The highest BCUT2D eigenvalue weighted by Crippen LogP contribution is 2.40. The molecule has 2 atom stereocenters. The maximum absolute atomic E-state index is 12.4. The van der Waals surface area contributed by atoms with Crippen LogP contribution in [0.4, 0.5) is 13.2 Å². The van der Waals surface area contributed by atoms with E-state index in [-0.39, 0.29) is 19.1 Å². The first-order valence-corrected chi connectivity index (χ1v) is 9.60. The molecule has 2 aliphatic heterocycles. The van der Waals surface area contributed by atoms with Crippen LogP contribution in [0.25, 0.3) is 0 Å².